The topological polar surface area (TPSA) is 62.2 Å². The average Bonchev–Trinajstić information content (AvgIpc) is 2.85. The lowest BCUT2D eigenvalue weighted by atomic mass is 10.1. The highest BCUT2D eigenvalue weighted by Crippen LogP contribution is 2.15. The first kappa shape index (κ1) is 24.7. The zero-order valence-corrected chi connectivity index (χ0v) is 21.1. The number of hydrogen-bond donors (Lipinski definition) is 1. The minimum absolute atomic E-state index is 0. The van der Waals surface area contributed by atoms with E-state index in [0.29, 0.717) is 12.7 Å². The highest BCUT2D eigenvalue weighted by Gasteiger charge is 2.20. The molecule has 0 radical (unpaired) electrons. The van der Waals surface area contributed by atoms with Gasteiger partial charge < -0.3 is 24.6 Å². The van der Waals surface area contributed by atoms with Crippen LogP contribution in [0.3, 0.4) is 0 Å². The molecule has 2 saturated heterocycles. The summed E-state index contributed by atoms with van der Waals surface area (Å²) in [6.07, 6.45) is 4.15. The van der Waals surface area contributed by atoms with Gasteiger partial charge in [0.1, 0.15) is 5.82 Å². The van der Waals surface area contributed by atoms with Crippen molar-refractivity contribution in [2.45, 2.75) is 32.1 Å². The fourth-order valence-corrected chi connectivity index (χ4v) is 4.09. The molecule has 8 heteroatoms. The van der Waals surface area contributed by atoms with Gasteiger partial charge in [-0.1, -0.05) is 30.3 Å². The Balaban J connectivity index is 0.00000289. The Morgan fingerprint density at radius 3 is 2.59 bits per heavy atom. The Morgan fingerprint density at radius 2 is 1.88 bits per heavy atom. The number of piperazine rings is 1. The second-order valence-corrected chi connectivity index (χ2v) is 8.01. The highest BCUT2D eigenvalue weighted by atomic mass is 127. The zero-order valence-electron chi connectivity index (χ0n) is 18.8. The van der Waals surface area contributed by atoms with Gasteiger partial charge in [-0.05, 0) is 36.1 Å². The number of aromatic nitrogens is 1. The summed E-state index contributed by atoms with van der Waals surface area (Å²) in [6, 6.07) is 14.7. The first-order chi connectivity index (χ1) is 15.3. The molecule has 0 saturated carbocycles. The Kier molecular flexibility index (Phi) is 10.0. The molecule has 1 N–H and O–H groups in total. The summed E-state index contributed by atoms with van der Waals surface area (Å²) < 4.78 is 11.5. The minimum Gasteiger partial charge on any atom is -0.381 e. The fourth-order valence-electron chi connectivity index (χ4n) is 4.09. The van der Waals surface area contributed by atoms with E-state index in [1.807, 2.05) is 25.4 Å². The number of nitrogens with one attached hydrogen (secondary N) is 1. The standard InChI is InChI=1S/C24H33N5O2.HI/c1-25-24(29-13-11-28(12-14-29)23-7-2-3-10-26-23)27-18-20-5-4-6-21(17-20)19-31-22-8-15-30-16-9-22;/h2-7,10,17,22H,8-9,11-16,18-19H2,1H3,(H,25,27);1H. The molecule has 1 aromatic carbocycles. The Labute approximate surface area is 208 Å². The van der Waals surface area contributed by atoms with Gasteiger partial charge in [0, 0.05) is 59.2 Å². The minimum atomic E-state index is 0. The van der Waals surface area contributed by atoms with Gasteiger partial charge in [0.25, 0.3) is 0 Å². The molecule has 174 valence electrons. The van der Waals surface area contributed by atoms with Gasteiger partial charge in [0.15, 0.2) is 5.96 Å². The van der Waals surface area contributed by atoms with Gasteiger partial charge >= 0.3 is 0 Å². The van der Waals surface area contributed by atoms with Crippen LogP contribution in [0.15, 0.2) is 53.7 Å². The lowest BCUT2D eigenvalue weighted by Crippen LogP contribution is -2.52. The lowest BCUT2D eigenvalue weighted by Gasteiger charge is -2.37. The average molecular weight is 551 g/mol. The number of hydrogen-bond acceptors (Lipinski definition) is 5. The molecule has 0 amide bonds. The number of aliphatic imine (C=N–C) groups is 1. The summed E-state index contributed by atoms with van der Waals surface area (Å²) in [7, 11) is 1.85. The number of guanidine groups is 1. The second kappa shape index (κ2) is 13.0. The SMILES string of the molecule is CN=C(NCc1cccc(COC2CCOCC2)c1)N1CCN(c2ccccn2)CC1.I. The number of nitrogens with zero attached hydrogens (tertiary/aromatic N) is 4. The molecule has 2 fully saturated rings. The maximum absolute atomic E-state index is 6.07. The molecular weight excluding hydrogens is 517 g/mol. The number of pyridine rings is 1. The number of anilines is 1. The van der Waals surface area contributed by atoms with E-state index in [-0.39, 0.29) is 24.0 Å². The van der Waals surface area contributed by atoms with Crippen LogP contribution >= 0.6 is 24.0 Å². The molecule has 1 aromatic heterocycles. The molecule has 3 heterocycles. The number of ether oxygens (including phenoxy) is 2. The smallest absolute Gasteiger partial charge is 0.194 e. The maximum atomic E-state index is 6.07. The van der Waals surface area contributed by atoms with Crippen molar-refractivity contribution in [3.05, 3.63) is 59.8 Å². The predicted molar refractivity (Wildman–Crippen MR) is 139 cm³/mol. The molecule has 0 aliphatic carbocycles. The van der Waals surface area contributed by atoms with Crippen LogP contribution in [0.2, 0.25) is 0 Å². The van der Waals surface area contributed by atoms with Crippen LogP contribution in [-0.2, 0) is 22.6 Å². The van der Waals surface area contributed by atoms with Crippen LogP contribution in [0.1, 0.15) is 24.0 Å². The van der Waals surface area contributed by atoms with Crippen LogP contribution < -0.4 is 10.2 Å². The number of halogens is 1. The molecule has 0 spiro atoms. The van der Waals surface area contributed by atoms with Crippen molar-refractivity contribution < 1.29 is 9.47 Å². The summed E-state index contributed by atoms with van der Waals surface area (Å²) in [6.45, 7) is 6.76. The van der Waals surface area contributed by atoms with Crippen LogP contribution in [0.5, 0.6) is 0 Å². The monoisotopic (exact) mass is 551 g/mol. The third-order valence-electron chi connectivity index (χ3n) is 5.86. The van der Waals surface area contributed by atoms with Crippen molar-refractivity contribution in [3.8, 4) is 0 Å². The van der Waals surface area contributed by atoms with Crippen molar-refractivity contribution in [2.75, 3.05) is 51.3 Å². The number of rotatable bonds is 6. The quantitative estimate of drug-likeness (QED) is 0.338. The third kappa shape index (κ3) is 7.05. The van der Waals surface area contributed by atoms with Crippen molar-refractivity contribution >= 4 is 35.8 Å². The molecule has 2 aliphatic rings. The summed E-state index contributed by atoms with van der Waals surface area (Å²) in [5.41, 5.74) is 2.45. The molecule has 32 heavy (non-hydrogen) atoms. The summed E-state index contributed by atoms with van der Waals surface area (Å²) in [5.74, 6) is 1.99. The van der Waals surface area contributed by atoms with E-state index in [4.69, 9.17) is 9.47 Å². The maximum Gasteiger partial charge on any atom is 0.194 e. The summed E-state index contributed by atoms with van der Waals surface area (Å²) in [4.78, 5) is 13.6. The molecule has 4 rings (SSSR count). The predicted octanol–water partition coefficient (Wildman–Crippen LogP) is 3.29. The normalized spacial score (nSPS) is 17.7. The van der Waals surface area contributed by atoms with E-state index in [2.05, 4.69) is 55.4 Å². The summed E-state index contributed by atoms with van der Waals surface area (Å²) in [5, 5.41) is 3.53. The van der Waals surface area contributed by atoms with E-state index < -0.39 is 0 Å². The first-order valence-electron chi connectivity index (χ1n) is 11.2. The lowest BCUT2D eigenvalue weighted by molar-refractivity contribution is -0.0390. The Bertz CT molecular complexity index is 837. The van der Waals surface area contributed by atoms with Crippen molar-refractivity contribution in [1.29, 1.82) is 0 Å². The fraction of sp³-hybridized carbons (Fsp3) is 0.500. The van der Waals surface area contributed by atoms with E-state index in [9.17, 15) is 0 Å². The van der Waals surface area contributed by atoms with Crippen LogP contribution in [-0.4, -0.2) is 68.4 Å². The Hall–Kier alpha value is -1.91. The Morgan fingerprint density at radius 1 is 1.09 bits per heavy atom. The second-order valence-electron chi connectivity index (χ2n) is 8.01. The van der Waals surface area contributed by atoms with Crippen molar-refractivity contribution in [2.24, 2.45) is 4.99 Å². The van der Waals surface area contributed by atoms with Crippen molar-refractivity contribution in [1.82, 2.24) is 15.2 Å². The zero-order chi connectivity index (χ0) is 21.3. The molecule has 0 atom stereocenters. The van der Waals surface area contributed by atoms with Gasteiger partial charge in [0.2, 0.25) is 0 Å². The van der Waals surface area contributed by atoms with Gasteiger partial charge in [-0.3, -0.25) is 4.99 Å². The van der Waals surface area contributed by atoms with Crippen LogP contribution in [0.25, 0.3) is 0 Å². The van der Waals surface area contributed by atoms with Crippen LogP contribution in [0.4, 0.5) is 5.82 Å². The van der Waals surface area contributed by atoms with Gasteiger partial charge in [-0.25, -0.2) is 4.98 Å². The van der Waals surface area contributed by atoms with E-state index in [1.165, 1.54) is 11.1 Å². The first-order valence-corrected chi connectivity index (χ1v) is 11.2. The molecular formula is C24H34IN5O2. The van der Waals surface area contributed by atoms with E-state index in [0.717, 1.165) is 70.6 Å². The van der Waals surface area contributed by atoms with Gasteiger partial charge in [-0.2, -0.15) is 0 Å². The van der Waals surface area contributed by atoms with E-state index in [1.54, 1.807) is 0 Å². The molecule has 2 aromatic rings. The molecule has 7 nitrogen and oxygen atoms in total. The molecule has 0 bridgehead atoms. The van der Waals surface area contributed by atoms with Gasteiger partial charge in [-0.15, -0.1) is 24.0 Å². The van der Waals surface area contributed by atoms with E-state index >= 15 is 0 Å². The van der Waals surface area contributed by atoms with Crippen LogP contribution in [0, 0.1) is 0 Å². The largest absolute Gasteiger partial charge is 0.381 e. The van der Waals surface area contributed by atoms with Gasteiger partial charge in [0.05, 0.1) is 12.7 Å². The highest BCUT2D eigenvalue weighted by molar-refractivity contribution is 14.0. The number of benzene rings is 1. The third-order valence-corrected chi connectivity index (χ3v) is 5.86. The summed E-state index contributed by atoms with van der Waals surface area (Å²) >= 11 is 0. The molecule has 2 aliphatic heterocycles. The van der Waals surface area contributed by atoms with Crippen molar-refractivity contribution in [3.63, 3.8) is 0 Å². The molecule has 0 unspecified atom stereocenters.